The zero-order valence-electron chi connectivity index (χ0n) is 9.49. The molecule has 0 saturated heterocycles. The van der Waals surface area contributed by atoms with Crippen molar-refractivity contribution in [3.63, 3.8) is 0 Å². The van der Waals surface area contributed by atoms with Crippen molar-refractivity contribution in [3.05, 3.63) is 29.3 Å². The van der Waals surface area contributed by atoms with E-state index in [0.29, 0.717) is 13.0 Å². The number of rotatable bonds is 5. The van der Waals surface area contributed by atoms with Crippen molar-refractivity contribution in [2.45, 2.75) is 26.1 Å². The molecule has 0 spiro atoms. The highest BCUT2D eigenvalue weighted by Crippen LogP contribution is 2.21. The number of ether oxygens (including phenoxy) is 2. The van der Waals surface area contributed by atoms with E-state index in [1.807, 2.05) is 18.2 Å². The fourth-order valence-corrected chi connectivity index (χ4v) is 1.53. The maximum atomic E-state index is 9.28. The van der Waals surface area contributed by atoms with Crippen molar-refractivity contribution >= 4 is 0 Å². The van der Waals surface area contributed by atoms with Crippen LogP contribution in [-0.2, 0) is 17.8 Å². The van der Waals surface area contributed by atoms with E-state index in [2.05, 4.69) is 0 Å². The Morgan fingerprint density at radius 3 is 2.60 bits per heavy atom. The number of methoxy groups -OCH3 is 2. The molecule has 1 aromatic carbocycles. The minimum atomic E-state index is -0.331. The second kappa shape index (κ2) is 5.73. The van der Waals surface area contributed by atoms with Crippen molar-refractivity contribution in [1.29, 1.82) is 0 Å². The first kappa shape index (κ1) is 12.0. The first-order valence-electron chi connectivity index (χ1n) is 5.00. The van der Waals surface area contributed by atoms with Crippen LogP contribution in [0, 0.1) is 0 Å². The molecule has 3 heteroatoms. The zero-order valence-corrected chi connectivity index (χ0v) is 9.49. The molecule has 0 heterocycles. The number of aliphatic hydroxyl groups excluding tert-OH is 1. The molecule has 0 aliphatic carbocycles. The van der Waals surface area contributed by atoms with Gasteiger partial charge in [0.25, 0.3) is 0 Å². The van der Waals surface area contributed by atoms with Crippen LogP contribution < -0.4 is 4.74 Å². The van der Waals surface area contributed by atoms with E-state index in [-0.39, 0.29) is 6.10 Å². The SMILES string of the molecule is COCc1ccc(CC(C)O)cc1OC. The molecule has 1 atom stereocenters. The van der Waals surface area contributed by atoms with Crippen molar-refractivity contribution in [3.8, 4) is 5.75 Å². The van der Waals surface area contributed by atoms with Gasteiger partial charge in [0.1, 0.15) is 5.75 Å². The normalized spacial score (nSPS) is 12.5. The van der Waals surface area contributed by atoms with Gasteiger partial charge in [0.2, 0.25) is 0 Å². The fourth-order valence-electron chi connectivity index (χ4n) is 1.53. The summed E-state index contributed by atoms with van der Waals surface area (Å²) in [6.45, 7) is 2.31. The van der Waals surface area contributed by atoms with Gasteiger partial charge in [-0.05, 0) is 25.0 Å². The lowest BCUT2D eigenvalue weighted by Crippen LogP contribution is -2.05. The van der Waals surface area contributed by atoms with Crippen LogP contribution in [0.3, 0.4) is 0 Å². The van der Waals surface area contributed by atoms with Gasteiger partial charge in [-0.2, -0.15) is 0 Å². The van der Waals surface area contributed by atoms with Gasteiger partial charge in [-0.15, -0.1) is 0 Å². The maximum Gasteiger partial charge on any atom is 0.124 e. The highest BCUT2D eigenvalue weighted by atomic mass is 16.5. The minimum absolute atomic E-state index is 0.331. The lowest BCUT2D eigenvalue weighted by Gasteiger charge is -2.11. The molecule has 0 fully saturated rings. The van der Waals surface area contributed by atoms with Crippen LogP contribution in [0.4, 0.5) is 0 Å². The van der Waals surface area contributed by atoms with Crippen molar-refractivity contribution < 1.29 is 14.6 Å². The molecule has 0 bridgehead atoms. The van der Waals surface area contributed by atoms with E-state index in [4.69, 9.17) is 9.47 Å². The lowest BCUT2D eigenvalue weighted by molar-refractivity contribution is 0.181. The number of aliphatic hydroxyl groups is 1. The molecule has 1 N–H and O–H groups in total. The highest BCUT2D eigenvalue weighted by molar-refractivity contribution is 5.37. The van der Waals surface area contributed by atoms with Gasteiger partial charge in [-0.1, -0.05) is 12.1 Å². The topological polar surface area (TPSA) is 38.7 Å². The van der Waals surface area contributed by atoms with Crippen LogP contribution >= 0.6 is 0 Å². The molecular weight excluding hydrogens is 192 g/mol. The Hall–Kier alpha value is -1.06. The summed E-state index contributed by atoms with van der Waals surface area (Å²) in [5, 5.41) is 9.28. The Balaban J connectivity index is 2.86. The second-order valence-corrected chi connectivity index (χ2v) is 3.63. The third-order valence-electron chi connectivity index (χ3n) is 2.18. The number of benzene rings is 1. The van der Waals surface area contributed by atoms with Crippen molar-refractivity contribution in [2.24, 2.45) is 0 Å². The van der Waals surface area contributed by atoms with Gasteiger partial charge in [0, 0.05) is 12.7 Å². The van der Waals surface area contributed by atoms with E-state index < -0.39 is 0 Å². The summed E-state index contributed by atoms with van der Waals surface area (Å²) < 4.78 is 10.3. The average Bonchev–Trinajstić information content (AvgIpc) is 2.20. The smallest absolute Gasteiger partial charge is 0.124 e. The number of hydrogen-bond donors (Lipinski definition) is 1. The molecule has 3 nitrogen and oxygen atoms in total. The predicted octanol–water partition coefficient (Wildman–Crippen LogP) is 1.76. The van der Waals surface area contributed by atoms with Crippen LogP contribution in [-0.4, -0.2) is 25.4 Å². The molecule has 0 radical (unpaired) electrons. The Morgan fingerprint density at radius 2 is 2.07 bits per heavy atom. The summed E-state index contributed by atoms with van der Waals surface area (Å²) in [7, 11) is 3.30. The van der Waals surface area contributed by atoms with Crippen LogP contribution in [0.15, 0.2) is 18.2 Å². The monoisotopic (exact) mass is 210 g/mol. The predicted molar refractivity (Wildman–Crippen MR) is 59.1 cm³/mol. The summed E-state index contributed by atoms with van der Waals surface area (Å²) in [5.74, 6) is 0.815. The first-order chi connectivity index (χ1) is 7.17. The fraction of sp³-hybridized carbons (Fsp3) is 0.500. The van der Waals surface area contributed by atoms with Crippen LogP contribution in [0.2, 0.25) is 0 Å². The van der Waals surface area contributed by atoms with Crippen molar-refractivity contribution in [1.82, 2.24) is 0 Å². The standard InChI is InChI=1S/C12H18O3/c1-9(13)6-10-4-5-11(8-14-2)12(7-10)15-3/h4-5,7,9,13H,6,8H2,1-3H3. The second-order valence-electron chi connectivity index (χ2n) is 3.63. The lowest BCUT2D eigenvalue weighted by atomic mass is 10.1. The zero-order chi connectivity index (χ0) is 11.3. The van der Waals surface area contributed by atoms with Crippen LogP contribution in [0.5, 0.6) is 5.75 Å². The summed E-state index contributed by atoms with van der Waals surface area (Å²) in [6, 6.07) is 5.91. The van der Waals surface area contributed by atoms with E-state index in [1.165, 1.54) is 0 Å². The van der Waals surface area contributed by atoms with Gasteiger partial charge in [-0.25, -0.2) is 0 Å². The largest absolute Gasteiger partial charge is 0.496 e. The Bertz CT molecular complexity index is 308. The molecule has 0 amide bonds. The molecule has 15 heavy (non-hydrogen) atoms. The van der Waals surface area contributed by atoms with Gasteiger partial charge < -0.3 is 14.6 Å². The Labute approximate surface area is 90.6 Å². The molecule has 0 aromatic heterocycles. The molecular formula is C12H18O3. The van der Waals surface area contributed by atoms with Gasteiger partial charge in [-0.3, -0.25) is 0 Å². The Kier molecular flexibility index (Phi) is 4.59. The summed E-state index contributed by atoms with van der Waals surface area (Å²) in [6.07, 6.45) is 0.312. The van der Waals surface area contributed by atoms with E-state index >= 15 is 0 Å². The molecule has 1 unspecified atom stereocenters. The highest BCUT2D eigenvalue weighted by Gasteiger charge is 2.05. The molecule has 1 rings (SSSR count). The molecule has 0 aliphatic heterocycles. The minimum Gasteiger partial charge on any atom is -0.496 e. The first-order valence-corrected chi connectivity index (χ1v) is 5.00. The quantitative estimate of drug-likeness (QED) is 0.805. The average molecular weight is 210 g/mol. The number of hydrogen-bond acceptors (Lipinski definition) is 3. The molecule has 84 valence electrons. The van der Waals surface area contributed by atoms with Crippen molar-refractivity contribution in [2.75, 3.05) is 14.2 Å². The summed E-state index contributed by atoms with van der Waals surface area (Å²) in [5.41, 5.74) is 2.09. The summed E-state index contributed by atoms with van der Waals surface area (Å²) >= 11 is 0. The summed E-state index contributed by atoms with van der Waals surface area (Å²) in [4.78, 5) is 0. The third kappa shape index (κ3) is 3.53. The van der Waals surface area contributed by atoms with E-state index in [0.717, 1.165) is 16.9 Å². The van der Waals surface area contributed by atoms with Gasteiger partial charge >= 0.3 is 0 Å². The third-order valence-corrected chi connectivity index (χ3v) is 2.18. The maximum absolute atomic E-state index is 9.28. The van der Waals surface area contributed by atoms with Crippen LogP contribution in [0.1, 0.15) is 18.1 Å². The van der Waals surface area contributed by atoms with E-state index in [1.54, 1.807) is 21.1 Å². The van der Waals surface area contributed by atoms with E-state index in [9.17, 15) is 5.11 Å². The molecule has 1 aromatic rings. The van der Waals surface area contributed by atoms with Crippen LogP contribution in [0.25, 0.3) is 0 Å². The van der Waals surface area contributed by atoms with Gasteiger partial charge in [0.15, 0.2) is 0 Å². The Morgan fingerprint density at radius 1 is 1.33 bits per heavy atom. The molecule has 0 saturated carbocycles. The molecule has 0 aliphatic rings. The van der Waals surface area contributed by atoms with Gasteiger partial charge in [0.05, 0.1) is 19.8 Å².